The van der Waals surface area contributed by atoms with Crippen LogP contribution in [0.2, 0.25) is 0 Å². The van der Waals surface area contributed by atoms with E-state index in [0.29, 0.717) is 23.7 Å². The molecule has 28 heavy (non-hydrogen) atoms. The van der Waals surface area contributed by atoms with Crippen LogP contribution >= 0.6 is 0 Å². The van der Waals surface area contributed by atoms with E-state index in [0.717, 1.165) is 4.31 Å². The predicted octanol–water partition coefficient (Wildman–Crippen LogP) is 1.60. The van der Waals surface area contributed by atoms with E-state index in [9.17, 15) is 13.2 Å². The van der Waals surface area contributed by atoms with Crippen LogP contribution in [0.5, 0.6) is 5.75 Å². The summed E-state index contributed by atoms with van der Waals surface area (Å²) in [6.45, 7) is 2.31. The lowest BCUT2D eigenvalue weighted by Gasteiger charge is -2.12. The molecule has 3 rings (SSSR count). The number of hydrogen-bond donors (Lipinski definition) is 0. The van der Waals surface area contributed by atoms with Crippen molar-refractivity contribution in [1.82, 2.24) is 19.0 Å². The van der Waals surface area contributed by atoms with E-state index < -0.39 is 10.0 Å². The topological polar surface area (TPSA) is 108 Å². The molecule has 2 aromatic heterocycles. The van der Waals surface area contributed by atoms with E-state index in [-0.39, 0.29) is 22.9 Å². The van der Waals surface area contributed by atoms with Crippen LogP contribution < -0.4 is 10.3 Å². The highest BCUT2D eigenvalue weighted by Gasteiger charge is 2.19. The fourth-order valence-electron chi connectivity index (χ4n) is 2.50. The lowest BCUT2D eigenvalue weighted by molar-refractivity contribution is 0.340. The van der Waals surface area contributed by atoms with Crippen LogP contribution in [0.1, 0.15) is 12.8 Å². The van der Waals surface area contributed by atoms with Crippen molar-refractivity contribution in [1.29, 1.82) is 0 Å². The van der Waals surface area contributed by atoms with Crippen molar-refractivity contribution in [2.24, 2.45) is 0 Å². The molecule has 0 bridgehead atoms. The monoisotopic (exact) mass is 404 g/mol. The number of aromatic nitrogens is 3. The maximum Gasteiger partial charge on any atom is 0.251 e. The highest BCUT2D eigenvalue weighted by atomic mass is 32.2. The number of rotatable bonds is 7. The van der Waals surface area contributed by atoms with Gasteiger partial charge in [0.15, 0.2) is 0 Å². The third-order valence-electron chi connectivity index (χ3n) is 3.94. The van der Waals surface area contributed by atoms with E-state index in [2.05, 4.69) is 10.1 Å². The van der Waals surface area contributed by atoms with Crippen LogP contribution in [0.25, 0.3) is 11.4 Å². The molecule has 10 heteroatoms. The number of ether oxygens (including phenoxy) is 1. The third kappa shape index (κ3) is 3.97. The molecular formula is C18H20N4O5S. The van der Waals surface area contributed by atoms with Gasteiger partial charge in [0, 0.05) is 26.4 Å². The molecule has 0 radical (unpaired) electrons. The quantitative estimate of drug-likeness (QED) is 0.588. The van der Waals surface area contributed by atoms with Crippen molar-refractivity contribution < 1.29 is 17.7 Å². The number of hydrogen-bond acceptors (Lipinski definition) is 7. The van der Waals surface area contributed by atoms with Gasteiger partial charge in [-0.2, -0.15) is 4.98 Å². The zero-order valence-corrected chi connectivity index (χ0v) is 16.5. The summed E-state index contributed by atoms with van der Waals surface area (Å²) in [5.74, 6) is 1.11. The van der Waals surface area contributed by atoms with Gasteiger partial charge >= 0.3 is 0 Å². The summed E-state index contributed by atoms with van der Waals surface area (Å²) in [6.07, 6.45) is 1.26. The molecule has 0 amide bonds. The zero-order chi connectivity index (χ0) is 20.3. The Bertz CT molecular complexity index is 1130. The highest BCUT2D eigenvalue weighted by Crippen LogP contribution is 2.27. The number of sulfonamides is 1. The van der Waals surface area contributed by atoms with Gasteiger partial charge in [0.2, 0.25) is 21.7 Å². The second-order valence-electron chi connectivity index (χ2n) is 6.06. The maximum absolute atomic E-state index is 12.3. The number of pyridine rings is 1. The van der Waals surface area contributed by atoms with E-state index in [1.165, 1.54) is 37.0 Å². The van der Waals surface area contributed by atoms with Crippen molar-refractivity contribution in [3.05, 3.63) is 58.8 Å². The van der Waals surface area contributed by atoms with Crippen LogP contribution in [0.15, 0.2) is 56.8 Å². The summed E-state index contributed by atoms with van der Waals surface area (Å²) in [5.41, 5.74) is 0.280. The van der Waals surface area contributed by atoms with Crippen molar-refractivity contribution in [3.63, 3.8) is 0 Å². The molecule has 0 aliphatic carbocycles. The normalized spacial score (nSPS) is 11.7. The summed E-state index contributed by atoms with van der Waals surface area (Å²) in [7, 11) is -0.825. The Morgan fingerprint density at radius 2 is 1.93 bits per heavy atom. The van der Waals surface area contributed by atoms with Crippen molar-refractivity contribution in [2.45, 2.75) is 18.4 Å². The average molecular weight is 404 g/mol. The zero-order valence-electron chi connectivity index (χ0n) is 15.7. The number of benzene rings is 1. The van der Waals surface area contributed by atoms with Crippen LogP contribution in [-0.2, 0) is 16.6 Å². The fourth-order valence-corrected chi connectivity index (χ4v) is 3.43. The minimum absolute atomic E-state index is 0.00136. The van der Waals surface area contributed by atoms with Gasteiger partial charge in [0.05, 0.1) is 17.1 Å². The molecule has 0 unspecified atom stereocenters. The molecule has 0 aliphatic heterocycles. The van der Waals surface area contributed by atoms with E-state index in [1.54, 1.807) is 12.1 Å². The van der Waals surface area contributed by atoms with Gasteiger partial charge in [-0.1, -0.05) is 17.3 Å². The Kier molecular flexibility index (Phi) is 5.61. The Balaban J connectivity index is 1.92. The van der Waals surface area contributed by atoms with Gasteiger partial charge < -0.3 is 13.8 Å². The van der Waals surface area contributed by atoms with Crippen LogP contribution in [0, 0.1) is 0 Å². The lowest BCUT2D eigenvalue weighted by Crippen LogP contribution is -2.26. The van der Waals surface area contributed by atoms with Gasteiger partial charge in [0.25, 0.3) is 5.56 Å². The molecule has 9 nitrogen and oxygen atoms in total. The van der Waals surface area contributed by atoms with Gasteiger partial charge in [-0.25, -0.2) is 12.7 Å². The Morgan fingerprint density at radius 3 is 2.64 bits per heavy atom. The summed E-state index contributed by atoms with van der Waals surface area (Å²) >= 11 is 0. The number of para-hydroxylation sites is 1. The summed E-state index contributed by atoms with van der Waals surface area (Å²) in [5, 5.41) is 3.95. The smallest absolute Gasteiger partial charge is 0.251 e. The van der Waals surface area contributed by atoms with Gasteiger partial charge in [-0.3, -0.25) is 4.79 Å². The van der Waals surface area contributed by atoms with E-state index in [4.69, 9.17) is 9.26 Å². The molecule has 0 N–H and O–H groups in total. The molecule has 0 atom stereocenters. The molecule has 0 fully saturated rings. The SMILES string of the molecule is CCOc1ccccc1-c1noc(Cn2cc(S(=O)(=O)N(C)C)ccc2=O)n1. The molecule has 148 valence electrons. The standard InChI is InChI=1S/C18H20N4O5S/c1-4-26-15-8-6-5-7-14(15)18-19-16(27-20-18)12-22-11-13(9-10-17(22)23)28(24,25)21(2)3/h5-11H,4,12H2,1-3H3. The van der Waals surface area contributed by atoms with E-state index >= 15 is 0 Å². The molecule has 2 heterocycles. The van der Waals surface area contributed by atoms with Gasteiger partial charge in [-0.15, -0.1) is 0 Å². The summed E-state index contributed by atoms with van der Waals surface area (Å²) in [6, 6.07) is 9.73. The van der Waals surface area contributed by atoms with Crippen molar-refractivity contribution in [3.8, 4) is 17.1 Å². The van der Waals surface area contributed by atoms with Crippen LogP contribution in [-0.4, -0.2) is 48.1 Å². The fraction of sp³-hybridized carbons (Fsp3) is 0.278. The largest absolute Gasteiger partial charge is 0.493 e. The highest BCUT2D eigenvalue weighted by molar-refractivity contribution is 7.89. The molecule has 3 aromatic rings. The molecule has 0 aliphatic rings. The lowest BCUT2D eigenvalue weighted by atomic mass is 10.2. The van der Waals surface area contributed by atoms with E-state index in [1.807, 2.05) is 19.1 Å². The average Bonchev–Trinajstić information content (AvgIpc) is 3.12. The van der Waals surface area contributed by atoms with Gasteiger partial charge in [-0.05, 0) is 25.1 Å². The maximum atomic E-state index is 12.3. The first-order chi connectivity index (χ1) is 13.3. The molecule has 0 saturated carbocycles. The van der Waals surface area contributed by atoms with Crippen LogP contribution in [0.4, 0.5) is 0 Å². The van der Waals surface area contributed by atoms with Crippen LogP contribution in [0.3, 0.4) is 0 Å². The molecule has 1 aromatic carbocycles. The minimum atomic E-state index is -3.67. The molecular weight excluding hydrogens is 384 g/mol. The second kappa shape index (κ2) is 7.95. The summed E-state index contributed by atoms with van der Waals surface area (Å²) < 4.78 is 37.7. The minimum Gasteiger partial charge on any atom is -0.493 e. The Morgan fingerprint density at radius 1 is 1.18 bits per heavy atom. The van der Waals surface area contributed by atoms with Crippen molar-refractivity contribution in [2.75, 3.05) is 20.7 Å². The van der Waals surface area contributed by atoms with Gasteiger partial charge in [0.1, 0.15) is 12.3 Å². The number of nitrogens with zero attached hydrogens (tertiary/aromatic N) is 4. The van der Waals surface area contributed by atoms with Crippen molar-refractivity contribution >= 4 is 10.0 Å². The summed E-state index contributed by atoms with van der Waals surface area (Å²) in [4.78, 5) is 16.4. The Labute approximate surface area is 162 Å². The first kappa shape index (κ1) is 19.8. The second-order valence-corrected chi connectivity index (χ2v) is 8.21. The molecule has 0 saturated heterocycles. The first-order valence-electron chi connectivity index (χ1n) is 8.50. The third-order valence-corrected chi connectivity index (χ3v) is 5.74. The predicted molar refractivity (Wildman–Crippen MR) is 102 cm³/mol. The molecule has 0 spiro atoms. The first-order valence-corrected chi connectivity index (χ1v) is 9.94. The Hall–Kier alpha value is -2.98.